The lowest BCUT2D eigenvalue weighted by Crippen LogP contribution is -2.47. The van der Waals surface area contributed by atoms with Crippen molar-refractivity contribution in [2.75, 3.05) is 6.54 Å². The topological polar surface area (TPSA) is 45.7 Å². The SMILES string of the molecule is CCNC(=NCc1ccc2c(c1)CCC2)NC1CC2CCC1O2.I. The minimum Gasteiger partial charge on any atom is -0.373 e. The highest BCUT2D eigenvalue weighted by atomic mass is 127. The van der Waals surface area contributed by atoms with Gasteiger partial charge in [-0.1, -0.05) is 18.2 Å². The van der Waals surface area contributed by atoms with Crippen LogP contribution in [-0.4, -0.2) is 30.8 Å². The molecule has 1 aromatic rings. The van der Waals surface area contributed by atoms with E-state index in [1.807, 2.05) is 0 Å². The summed E-state index contributed by atoms with van der Waals surface area (Å²) in [6.45, 7) is 3.74. The monoisotopic (exact) mass is 441 g/mol. The molecule has 2 N–H and O–H groups in total. The number of ether oxygens (including phenoxy) is 1. The van der Waals surface area contributed by atoms with Gasteiger partial charge in [-0.05, 0) is 62.1 Å². The second-order valence-corrected chi connectivity index (χ2v) is 7.01. The number of halogens is 1. The first kappa shape index (κ1) is 18.0. The first-order valence-electron chi connectivity index (χ1n) is 9.13. The summed E-state index contributed by atoms with van der Waals surface area (Å²) in [6, 6.07) is 7.29. The van der Waals surface area contributed by atoms with Gasteiger partial charge in [0.2, 0.25) is 0 Å². The molecule has 3 atom stereocenters. The zero-order valence-electron chi connectivity index (χ0n) is 14.4. The standard InChI is InChI=1S/C19H27N3O.HI/c1-2-20-19(22-17-11-16-8-9-18(17)23-16)21-12-13-6-7-14-4-3-5-15(14)10-13;/h6-7,10,16-18H,2-5,8-9,11-12H2,1H3,(H2,20,21,22);1H. The molecular weight excluding hydrogens is 413 g/mol. The van der Waals surface area contributed by atoms with Crippen LogP contribution in [0.15, 0.2) is 23.2 Å². The van der Waals surface area contributed by atoms with Gasteiger partial charge >= 0.3 is 0 Å². The fourth-order valence-electron chi connectivity index (χ4n) is 4.18. The van der Waals surface area contributed by atoms with Crippen molar-refractivity contribution in [3.05, 3.63) is 34.9 Å². The Kier molecular flexibility index (Phi) is 6.02. The predicted octanol–water partition coefficient (Wildman–Crippen LogP) is 3.17. The number of fused-ring (bicyclic) bond motifs is 3. The van der Waals surface area contributed by atoms with E-state index >= 15 is 0 Å². The molecule has 2 fully saturated rings. The number of guanidine groups is 1. The summed E-state index contributed by atoms with van der Waals surface area (Å²) in [7, 11) is 0. The molecule has 0 amide bonds. The molecule has 4 nitrogen and oxygen atoms in total. The van der Waals surface area contributed by atoms with E-state index in [-0.39, 0.29) is 24.0 Å². The van der Waals surface area contributed by atoms with E-state index in [9.17, 15) is 0 Å². The Morgan fingerprint density at radius 1 is 1.25 bits per heavy atom. The van der Waals surface area contributed by atoms with Gasteiger partial charge in [-0.25, -0.2) is 4.99 Å². The molecule has 0 saturated carbocycles. The van der Waals surface area contributed by atoms with Crippen LogP contribution in [0.1, 0.15) is 49.3 Å². The van der Waals surface area contributed by atoms with E-state index in [0.717, 1.165) is 25.5 Å². The first-order chi connectivity index (χ1) is 11.3. The molecular formula is C19H28IN3O. The number of hydrogen-bond donors (Lipinski definition) is 2. The molecule has 3 unspecified atom stereocenters. The van der Waals surface area contributed by atoms with Gasteiger partial charge in [-0.3, -0.25) is 0 Å². The van der Waals surface area contributed by atoms with Crippen LogP contribution in [0, 0.1) is 0 Å². The summed E-state index contributed by atoms with van der Waals surface area (Å²) in [6.07, 6.45) is 8.16. The zero-order chi connectivity index (χ0) is 15.6. The van der Waals surface area contributed by atoms with E-state index in [2.05, 4.69) is 35.8 Å². The molecule has 0 aromatic heterocycles. The van der Waals surface area contributed by atoms with Crippen molar-refractivity contribution in [2.45, 2.75) is 70.2 Å². The van der Waals surface area contributed by atoms with E-state index in [1.165, 1.54) is 48.8 Å². The van der Waals surface area contributed by atoms with Crippen molar-refractivity contribution >= 4 is 29.9 Å². The Morgan fingerprint density at radius 2 is 2.12 bits per heavy atom. The molecule has 2 bridgehead atoms. The Labute approximate surface area is 161 Å². The summed E-state index contributed by atoms with van der Waals surface area (Å²) in [4.78, 5) is 4.80. The maximum absolute atomic E-state index is 5.93. The van der Waals surface area contributed by atoms with Crippen LogP contribution < -0.4 is 10.6 Å². The zero-order valence-corrected chi connectivity index (χ0v) is 16.7. The van der Waals surface area contributed by atoms with Gasteiger partial charge in [0.1, 0.15) is 0 Å². The molecule has 3 aliphatic rings. The molecule has 24 heavy (non-hydrogen) atoms. The third-order valence-corrected chi connectivity index (χ3v) is 5.35. The fourth-order valence-corrected chi connectivity index (χ4v) is 4.18. The fraction of sp³-hybridized carbons (Fsp3) is 0.632. The summed E-state index contributed by atoms with van der Waals surface area (Å²) in [5.41, 5.74) is 4.37. The number of aliphatic imine (C=N–C) groups is 1. The van der Waals surface area contributed by atoms with Crippen molar-refractivity contribution < 1.29 is 4.74 Å². The summed E-state index contributed by atoms with van der Waals surface area (Å²) < 4.78 is 5.93. The van der Waals surface area contributed by atoms with Gasteiger partial charge in [-0.2, -0.15) is 0 Å². The molecule has 132 valence electrons. The number of benzene rings is 1. The minimum absolute atomic E-state index is 0. The van der Waals surface area contributed by atoms with Crippen molar-refractivity contribution in [2.24, 2.45) is 4.99 Å². The summed E-state index contributed by atoms with van der Waals surface area (Å²) in [5.74, 6) is 0.925. The average Bonchev–Trinajstić information content (AvgIpc) is 3.28. The highest BCUT2D eigenvalue weighted by Crippen LogP contribution is 2.34. The molecule has 2 saturated heterocycles. The largest absolute Gasteiger partial charge is 0.373 e. The quantitative estimate of drug-likeness (QED) is 0.429. The number of nitrogens with zero attached hydrogens (tertiary/aromatic N) is 1. The summed E-state index contributed by atoms with van der Waals surface area (Å²) in [5, 5.41) is 6.96. The van der Waals surface area contributed by atoms with E-state index in [0.29, 0.717) is 18.2 Å². The van der Waals surface area contributed by atoms with Gasteiger partial charge < -0.3 is 15.4 Å². The second kappa shape index (κ2) is 8.04. The molecule has 0 spiro atoms. The minimum atomic E-state index is 0. The Morgan fingerprint density at radius 3 is 2.88 bits per heavy atom. The van der Waals surface area contributed by atoms with Crippen molar-refractivity contribution in [1.82, 2.24) is 10.6 Å². The predicted molar refractivity (Wildman–Crippen MR) is 108 cm³/mol. The molecule has 0 radical (unpaired) electrons. The maximum atomic E-state index is 5.93. The van der Waals surface area contributed by atoms with Gasteiger partial charge in [0.25, 0.3) is 0 Å². The molecule has 2 heterocycles. The lowest BCUT2D eigenvalue weighted by atomic mass is 9.96. The van der Waals surface area contributed by atoms with Crippen molar-refractivity contribution in [3.63, 3.8) is 0 Å². The van der Waals surface area contributed by atoms with Gasteiger partial charge in [-0.15, -0.1) is 24.0 Å². The molecule has 5 heteroatoms. The number of aryl methyl sites for hydroxylation is 2. The van der Waals surface area contributed by atoms with E-state index in [1.54, 1.807) is 0 Å². The smallest absolute Gasteiger partial charge is 0.191 e. The Bertz CT molecular complexity index is 604. The van der Waals surface area contributed by atoms with Crippen LogP contribution in [0.4, 0.5) is 0 Å². The highest BCUT2D eigenvalue weighted by molar-refractivity contribution is 14.0. The van der Waals surface area contributed by atoms with Crippen LogP contribution in [0.3, 0.4) is 0 Å². The van der Waals surface area contributed by atoms with Crippen LogP contribution >= 0.6 is 24.0 Å². The number of hydrogen-bond acceptors (Lipinski definition) is 2. The number of rotatable bonds is 4. The maximum Gasteiger partial charge on any atom is 0.191 e. The second-order valence-electron chi connectivity index (χ2n) is 7.01. The normalized spacial score (nSPS) is 27.7. The molecule has 2 aliphatic heterocycles. The van der Waals surface area contributed by atoms with Gasteiger partial charge in [0, 0.05) is 6.54 Å². The third kappa shape index (κ3) is 3.87. The highest BCUT2D eigenvalue weighted by Gasteiger charge is 2.41. The van der Waals surface area contributed by atoms with Crippen LogP contribution in [0.25, 0.3) is 0 Å². The lowest BCUT2D eigenvalue weighted by Gasteiger charge is -2.22. The van der Waals surface area contributed by atoms with Gasteiger partial charge in [0.15, 0.2) is 5.96 Å². The van der Waals surface area contributed by atoms with Crippen LogP contribution in [0.2, 0.25) is 0 Å². The average molecular weight is 441 g/mol. The lowest BCUT2D eigenvalue weighted by molar-refractivity contribution is 0.0992. The molecule has 4 rings (SSSR count). The summed E-state index contributed by atoms with van der Waals surface area (Å²) >= 11 is 0. The van der Waals surface area contributed by atoms with Crippen molar-refractivity contribution in [3.8, 4) is 0 Å². The van der Waals surface area contributed by atoms with Crippen LogP contribution in [-0.2, 0) is 24.1 Å². The molecule has 1 aliphatic carbocycles. The number of nitrogens with one attached hydrogen (secondary N) is 2. The Balaban J connectivity index is 0.00000169. The third-order valence-electron chi connectivity index (χ3n) is 5.35. The van der Waals surface area contributed by atoms with E-state index < -0.39 is 0 Å². The Hall–Kier alpha value is -0.820. The van der Waals surface area contributed by atoms with E-state index in [4.69, 9.17) is 9.73 Å². The van der Waals surface area contributed by atoms with Gasteiger partial charge in [0.05, 0.1) is 24.8 Å². The first-order valence-corrected chi connectivity index (χ1v) is 9.13. The van der Waals surface area contributed by atoms with Crippen LogP contribution in [0.5, 0.6) is 0 Å². The van der Waals surface area contributed by atoms with Crippen molar-refractivity contribution in [1.29, 1.82) is 0 Å². The molecule has 1 aromatic carbocycles.